The molecule has 0 radical (unpaired) electrons. The van der Waals surface area contributed by atoms with Crippen LogP contribution in [0.15, 0.2) is 0 Å². The highest BCUT2D eigenvalue weighted by Crippen LogP contribution is 2.45. The Bertz CT molecular complexity index is 1730. The number of unbranched alkanes of at least 4 members (excludes halogenated alkanes) is 31. The second kappa shape index (κ2) is 57.9. The Morgan fingerprint density at radius 2 is 0.483 bits per heavy atom. The first-order valence-corrected chi connectivity index (χ1v) is 38.2. The van der Waals surface area contributed by atoms with Gasteiger partial charge in [-0.05, 0) is 49.4 Å². The monoisotopic (exact) mass is 1280 g/mol. The fourth-order valence-corrected chi connectivity index (χ4v) is 11.7. The van der Waals surface area contributed by atoms with Crippen molar-refractivity contribution in [3.8, 4) is 0 Å². The maximum atomic E-state index is 13.0. The van der Waals surface area contributed by atoms with Crippen molar-refractivity contribution in [2.75, 3.05) is 39.6 Å². The lowest BCUT2D eigenvalue weighted by molar-refractivity contribution is -0.161. The van der Waals surface area contributed by atoms with Gasteiger partial charge in [-0.2, -0.15) is 0 Å². The molecule has 0 aliphatic rings. The van der Waals surface area contributed by atoms with Gasteiger partial charge in [0.15, 0.2) is 12.2 Å². The van der Waals surface area contributed by atoms with E-state index in [-0.39, 0.29) is 25.7 Å². The number of phosphoric ester groups is 2. The average molecular weight is 1280 g/mol. The van der Waals surface area contributed by atoms with Crippen molar-refractivity contribution in [1.82, 2.24) is 0 Å². The molecule has 0 fully saturated rings. The van der Waals surface area contributed by atoms with E-state index in [1.54, 1.807) is 0 Å². The van der Waals surface area contributed by atoms with Crippen LogP contribution in [0.2, 0.25) is 0 Å². The van der Waals surface area contributed by atoms with E-state index in [2.05, 4.69) is 55.4 Å². The number of carbonyl (C=O) groups is 4. The minimum atomic E-state index is -4.95. The van der Waals surface area contributed by atoms with Crippen molar-refractivity contribution >= 4 is 39.5 Å². The van der Waals surface area contributed by atoms with E-state index >= 15 is 0 Å². The summed E-state index contributed by atoms with van der Waals surface area (Å²) >= 11 is 0. The molecule has 0 bridgehead atoms. The van der Waals surface area contributed by atoms with Crippen molar-refractivity contribution in [1.29, 1.82) is 0 Å². The van der Waals surface area contributed by atoms with Crippen LogP contribution in [0, 0.1) is 23.7 Å². The zero-order valence-electron chi connectivity index (χ0n) is 56.6. The van der Waals surface area contributed by atoms with Gasteiger partial charge in [0.1, 0.15) is 19.3 Å². The molecule has 17 nitrogen and oxygen atoms in total. The maximum absolute atomic E-state index is 13.0. The molecule has 0 saturated carbocycles. The predicted molar refractivity (Wildman–Crippen MR) is 349 cm³/mol. The van der Waals surface area contributed by atoms with Gasteiger partial charge in [-0.3, -0.25) is 37.3 Å². The van der Waals surface area contributed by atoms with Gasteiger partial charge >= 0.3 is 39.5 Å². The van der Waals surface area contributed by atoms with Crippen molar-refractivity contribution in [3.05, 3.63) is 0 Å². The van der Waals surface area contributed by atoms with Gasteiger partial charge in [0, 0.05) is 25.7 Å². The summed E-state index contributed by atoms with van der Waals surface area (Å²) in [4.78, 5) is 72.3. The molecule has 0 rings (SSSR count). The molecule has 0 aromatic rings. The van der Waals surface area contributed by atoms with Crippen molar-refractivity contribution in [2.24, 2.45) is 23.7 Å². The van der Waals surface area contributed by atoms with Gasteiger partial charge in [-0.25, -0.2) is 9.13 Å². The highest BCUT2D eigenvalue weighted by atomic mass is 31.2. The highest BCUT2D eigenvalue weighted by Gasteiger charge is 2.30. The summed E-state index contributed by atoms with van der Waals surface area (Å²) < 4.78 is 68.1. The Hall–Kier alpha value is -1.94. The zero-order chi connectivity index (χ0) is 64.7. The molecule has 0 aliphatic heterocycles. The van der Waals surface area contributed by atoms with E-state index in [0.29, 0.717) is 43.4 Å². The molecular weight excluding hydrogens is 1150 g/mol. The minimum absolute atomic E-state index is 0.102. The first-order valence-electron chi connectivity index (χ1n) is 35.2. The number of phosphoric acid groups is 2. The fraction of sp³-hybridized carbons (Fsp3) is 0.941. The summed E-state index contributed by atoms with van der Waals surface area (Å²) in [6, 6.07) is 0. The number of esters is 4. The molecule has 5 atom stereocenters. The Balaban J connectivity index is 5.19. The lowest BCUT2D eigenvalue weighted by Crippen LogP contribution is -2.30. The third kappa shape index (κ3) is 62.6. The van der Waals surface area contributed by atoms with Gasteiger partial charge in [0.05, 0.1) is 26.4 Å². The van der Waals surface area contributed by atoms with E-state index in [4.69, 9.17) is 37.0 Å². The number of carbonyl (C=O) groups excluding carboxylic acids is 4. The molecule has 0 aliphatic carbocycles. The molecule has 0 saturated heterocycles. The van der Waals surface area contributed by atoms with Crippen molar-refractivity contribution in [3.63, 3.8) is 0 Å². The molecule has 0 spiro atoms. The van der Waals surface area contributed by atoms with Gasteiger partial charge in [-0.15, -0.1) is 0 Å². The number of aliphatic hydroxyl groups is 1. The Kier molecular flexibility index (Phi) is 56.6. The second-order valence-corrected chi connectivity index (χ2v) is 29.4. The maximum Gasteiger partial charge on any atom is 0.472 e. The number of rotatable bonds is 65. The van der Waals surface area contributed by atoms with E-state index < -0.39 is 97.5 Å². The fourth-order valence-electron chi connectivity index (χ4n) is 10.1. The normalized spacial score (nSPS) is 14.3. The summed E-state index contributed by atoms with van der Waals surface area (Å²) in [5.41, 5.74) is 0. The molecule has 3 unspecified atom stereocenters. The van der Waals surface area contributed by atoms with Crippen LogP contribution in [0.5, 0.6) is 0 Å². The molecule has 516 valence electrons. The van der Waals surface area contributed by atoms with E-state index in [1.165, 1.54) is 128 Å². The third-order valence-electron chi connectivity index (χ3n) is 15.6. The SMILES string of the molecule is CC(C)CCCCCCCCCCCCCCCCC(=O)OC[C@H](COP(=O)(O)OCC(O)COP(=O)(O)OC[C@@H](COC(=O)CCCCCCCCCC(C)C)OC(=O)CCCCCCCCCC(C)C)OC(=O)CCCCCCCCCC(C)C. The smallest absolute Gasteiger partial charge is 0.462 e. The second-order valence-electron chi connectivity index (χ2n) is 26.5. The summed E-state index contributed by atoms with van der Waals surface area (Å²) in [5.74, 6) is 0.758. The molecule has 0 aromatic carbocycles. The summed E-state index contributed by atoms with van der Waals surface area (Å²) in [6.45, 7) is 14.0. The Morgan fingerprint density at radius 1 is 0.287 bits per heavy atom. The first kappa shape index (κ1) is 85.1. The molecule has 19 heteroatoms. The lowest BCUT2D eigenvalue weighted by atomic mass is 10.0. The highest BCUT2D eigenvalue weighted by molar-refractivity contribution is 7.47. The third-order valence-corrected chi connectivity index (χ3v) is 17.5. The topological polar surface area (TPSA) is 237 Å². The van der Waals surface area contributed by atoms with E-state index in [1.807, 2.05) is 0 Å². The number of hydrogen-bond donors (Lipinski definition) is 3. The number of aliphatic hydroxyl groups excluding tert-OH is 1. The van der Waals surface area contributed by atoms with Gasteiger partial charge in [0.25, 0.3) is 0 Å². The Labute approximate surface area is 530 Å². The largest absolute Gasteiger partial charge is 0.472 e. The van der Waals surface area contributed by atoms with Crippen molar-refractivity contribution < 1.29 is 80.2 Å². The molecular formula is C68H132O17P2. The van der Waals surface area contributed by atoms with Crippen LogP contribution in [-0.2, 0) is 65.4 Å². The van der Waals surface area contributed by atoms with Crippen LogP contribution < -0.4 is 0 Å². The van der Waals surface area contributed by atoms with E-state index in [9.17, 15) is 43.2 Å². The predicted octanol–water partition coefficient (Wildman–Crippen LogP) is 18.9. The summed E-state index contributed by atoms with van der Waals surface area (Å²) in [6.07, 6.45) is 39.3. The first-order chi connectivity index (χ1) is 41.6. The van der Waals surface area contributed by atoms with Gasteiger partial charge in [-0.1, -0.05) is 280 Å². The zero-order valence-corrected chi connectivity index (χ0v) is 58.4. The molecule has 0 heterocycles. The van der Waals surface area contributed by atoms with Crippen molar-refractivity contribution in [2.45, 2.75) is 350 Å². The van der Waals surface area contributed by atoms with Gasteiger partial charge in [0.2, 0.25) is 0 Å². The number of hydrogen-bond acceptors (Lipinski definition) is 15. The standard InChI is InChI=1S/C68H132O17P2/c1-58(2)44-36-28-20-15-13-11-9-10-12-14-16-24-32-40-48-65(70)78-54-63(84-67(72)50-42-34-26-18-22-30-38-46-60(5)6)56-82-86(74,75)80-52-62(69)53-81-87(76,77)83-57-64(85-68(73)51-43-35-27-19-23-31-39-47-61(7)8)55-79-66(71)49-41-33-25-17-21-29-37-45-59(3)4/h58-64,69H,9-57H2,1-8H3,(H,74,75)(H,76,77)/t62?,63-,64-/m1/s1. The van der Waals surface area contributed by atoms with Gasteiger partial charge < -0.3 is 33.8 Å². The van der Waals surface area contributed by atoms with Crippen LogP contribution in [-0.4, -0.2) is 96.7 Å². The number of ether oxygens (including phenoxy) is 4. The van der Waals surface area contributed by atoms with Crippen LogP contribution in [0.4, 0.5) is 0 Å². The van der Waals surface area contributed by atoms with Crippen LogP contribution >= 0.6 is 15.6 Å². The lowest BCUT2D eigenvalue weighted by Gasteiger charge is -2.21. The molecule has 0 aromatic heterocycles. The molecule has 3 N–H and O–H groups in total. The quantitative estimate of drug-likeness (QED) is 0.0222. The molecule has 87 heavy (non-hydrogen) atoms. The molecule has 0 amide bonds. The summed E-state index contributed by atoms with van der Waals surface area (Å²) in [7, 11) is -9.90. The average Bonchev–Trinajstić information content (AvgIpc) is 3.60. The summed E-state index contributed by atoms with van der Waals surface area (Å²) in [5, 5.41) is 10.6. The van der Waals surface area contributed by atoms with Crippen LogP contribution in [0.1, 0.15) is 331 Å². The van der Waals surface area contributed by atoms with Crippen LogP contribution in [0.25, 0.3) is 0 Å². The Morgan fingerprint density at radius 3 is 0.713 bits per heavy atom. The minimum Gasteiger partial charge on any atom is -0.462 e. The van der Waals surface area contributed by atoms with E-state index in [0.717, 1.165) is 102 Å². The van der Waals surface area contributed by atoms with Crippen LogP contribution in [0.3, 0.4) is 0 Å².